The minimum atomic E-state index is -4.41. The molecule has 1 heterocycles. The summed E-state index contributed by atoms with van der Waals surface area (Å²) in [7, 11) is 0. The molecule has 0 aliphatic heterocycles. The second-order valence-corrected chi connectivity index (χ2v) is 5.13. The van der Waals surface area contributed by atoms with Crippen LogP contribution in [0.3, 0.4) is 0 Å². The number of nitrogens with zero attached hydrogens (tertiary/aromatic N) is 2. The Labute approximate surface area is 121 Å². The molecule has 0 saturated heterocycles. The highest BCUT2D eigenvalue weighted by Crippen LogP contribution is 2.14. The van der Waals surface area contributed by atoms with Crippen molar-refractivity contribution in [2.45, 2.75) is 33.5 Å². The quantitative estimate of drug-likeness (QED) is 0.836. The van der Waals surface area contributed by atoms with Gasteiger partial charge in [0.25, 0.3) is 0 Å². The number of halogens is 3. The van der Waals surface area contributed by atoms with Crippen molar-refractivity contribution in [1.29, 1.82) is 0 Å². The molecule has 0 spiro atoms. The molecule has 1 aromatic heterocycles. The first-order valence-electron chi connectivity index (χ1n) is 6.59. The Balaban J connectivity index is 2.25. The lowest BCUT2D eigenvalue weighted by Gasteiger charge is -2.14. The number of carbonyl (C=O) groups excluding carboxylic acids is 1. The van der Waals surface area contributed by atoms with Gasteiger partial charge in [0, 0.05) is 18.8 Å². The molecule has 1 N–H and O–H groups in total. The van der Waals surface area contributed by atoms with Gasteiger partial charge in [-0.1, -0.05) is 6.92 Å². The summed E-state index contributed by atoms with van der Waals surface area (Å²) in [6, 6.07) is 1.95. The largest absolute Gasteiger partial charge is 0.411 e. The van der Waals surface area contributed by atoms with Gasteiger partial charge in [0.15, 0.2) is 0 Å². The topological polar surface area (TPSA) is 56.2 Å². The highest BCUT2D eigenvalue weighted by molar-refractivity contribution is 5.77. The predicted molar refractivity (Wildman–Crippen MR) is 70.7 cm³/mol. The normalized spacial score (nSPS) is 13.2. The number of hydrogen-bond acceptors (Lipinski definition) is 3. The molecule has 5 nitrogen and oxygen atoms in total. The zero-order valence-corrected chi connectivity index (χ0v) is 12.3. The lowest BCUT2D eigenvalue weighted by molar-refractivity contribution is -0.175. The van der Waals surface area contributed by atoms with Crippen LogP contribution in [0.15, 0.2) is 6.07 Å². The van der Waals surface area contributed by atoms with E-state index in [1.807, 2.05) is 31.5 Å². The summed E-state index contributed by atoms with van der Waals surface area (Å²) in [6.07, 6.45) is -4.41. The lowest BCUT2D eigenvalue weighted by atomic mass is 10.2. The highest BCUT2D eigenvalue weighted by atomic mass is 19.4. The summed E-state index contributed by atoms with van der Waals surface area (Å²) in [5, 5.41) is 6.85. The molecule has 1 atom stereocenters. The fourth-order valence-corrected chi connectivity index (χ4v) is 1.82. The van der Waals surface area contributed by atoms with Crippen LogP contribution in [-0.4, -0.2) is 41.6 Å². The van der Waals surface area contributed by atoms with Gasteiger partial charge in [0.1, 0.15) is 13.2 Å². The molecule has 21 heavy (non-hydrogen) atoms. The van der Waals surface area contributed by atoms with Gasteiger partial charge in [-0.25, -0.2) is 0 Å². The van der Waals surface area contributed by atoms with Crippen LogP contribution in [0.1, 0.15) is 18.3 Å². The standard InChI is InChI=1S/C13H20F3N3O2/c1-9(6-19-11(3)4-10(2)18-19)5-17-12(20)7-21-8-13(14,15)16/h4,9H,5-8H2,1-3H3,(H,17,20). The summed E-state index contributed by atoms with van der Waals surface area (Å²) in [4.78, 5) is 11.3. The van der Waals surface area contributed by atoms with Gasteiger partial charge in [0.2, 0.25) is 5.91 Å². The van der Waals surface area contributed by atoms with Gasteiger partial charge in [-0.15, -0.1) is 0 Å². The van der Waals surface area contributed by atoms with Crippen LogP contribution in [0, 0.1) is 19.8 Å². The molecule has 1 amide bonds. The Hall–Kier alpha value is -1.57. The number of ether oxygens (including phenoxy) is 1. The Kier molecular flexibility index (Phi) is 6.19. The average molecular weight is 307 g/mol. The van der Waals surface area contributed by atoms with Crippen LogP contribution < -0.4 is 5.32 Å². The summed E-state index contributed by atoms with van der Waals surface area (Å²) < 4.78 is 41.6. The van der Waals surface area contributed by atoms with Crippen molar-refractivity contribution in [3.05, 3.63) is 17.5 Å². The van der Waals surface area contributed by atoms with E-state index in [0.29, 0.717) is 13.1 Å². The van der Waals surface area contributed by atoms with Crippen molar-refractivity contribution in [2.75, 3.05) is 19.8 Å². The molecule has 0 aromatic carbocycles. The molecule has 0 radical (unpaired) electrons. The van der Waals surface area contributed by atoms with E-state index in [0.717, 1.165) is 11.4 Å². The lowest BCUT2D eigenvalue weighted by Crippen LogP contribution is -2.34. The summed E-state index contributed by atoms with van der Waals surface area (Å²) in [5.74, 6) is -0.450. The van der Waals surface area contributed by atoms with Crippen LogP contribution in [0.25, 0.3) is 0 Å². The summed E-state index contributed by atoms with van der Waals surface area (Å²) in [5.41, 5.74) is 1.95. The third-order valence-electron chi connectivity index (χ3n) is 2.73. The van der Waals surface area contributed by atoms with E-state index in [-0.39, 0.29) is 5.92 Å². The van der Waals surface area contributed by atoms with Crippen molar-refractivity contribution in [3.8, 4) is 0 Å². The SMILES string of the molecule is Cc1cc(C)n(CC(C)CNC(=O)COCC(F)(F)F)n1. The Morgan fingerprint density at radius 2 is 2.14 bits per heavy atom. The third-order valence-corrected chi connectivity index (χ3v) is 2.73. The first-order valence-corrected chi connectivity index (χ1v) is 6.59. The fourth-order valence-electron chi connectivity index (χ4n) is 1.82. The minimum Gasteiger partial charge on any atom is -0.362 e. The number of aromatic nitrogens is 2. The van der Waals surface area contributed by atoms with Crippen molar-refractivity contribution in [1.82, 2.24) is 15.1 Å². The molecule has 120 valence electrons. The van der Waals surface area contributed by atoms with Crippen LogP contribution in [0.4, 0.5) is 13.2 Å². The van der Waals surface area contributed by atoms with E-state index in [1.54, 1.807) is 0 Å². The van der Waals surface area contributed by atoms with Crippen LogP contribution >= 0.6 is 0 Å². The van der Waals surface area contributed by atoms with Crippen LogP contribution in [-0.2, 0) is 16.1 Å². The van der Waals surface area contributed by atoms with E-state index < -0.39 is 25.3 Å². The zero-order valence-electron chi connectivity index (χ0n) is 12.3. The maximum atomic E-state index is 11.8. The van der Waals surface area contributed by atoms with E-state index in [1.165, 1.54) is 0 Å². The Morgan fingerprint density at radius 1 is 1.48 bits per heavy atom. The van der Waals surface area contributed by atoms with E-state index in [4.69, 9.17) is 0 Å². The first kappa shape index (κ1) is 17.5. The predicted octanol–water partition coefficient (Wildman–Crippen LogP) is 1.83. The number of carbonyl (C=O) groups is 1. The smallest absolute Gasteiger partial charge is 0.362 e. The first-order chi connectivity index (χ1) is 9.67. The molecule has 0 aliphatic rings. The minimum absolute atomic E-state index is 0.106. The second kappa shape index (κ2) is 7.44. The number of rotatable bonds is 7. The maximum absolute atomic E-state index is 11.8. The number of aryl methyl sites for hydroxylation is 2. The Morgan fingerprint density at radius 3 is 2.67 bits per heavy atom. The molecule has 1 rings (SSSR count). The number of amides is 1. The van der Waals surface area contributed by atoms with Gasteiger partial charge >= 0.3 is 6.18 Å². The van der Waals surface area contributed by atoms with Gasteiger partial charge in [0.05, 0.1) is 5.69 Å². The molecule has 1 unspecified atom stereocenters. The zero-order chi connectivity index (χ0) is 16.0. The van der Waals surface area contributed by atoms with Gasteiger partial charge in [-0.3, -0.25) is 9.48 Å². The molecule has 8 heteroatoms. The van der Waals surface area contributed by atoms with Gasteiger partial charge in [-0.2, -0.15) is 18.3 Å². The van der Waals surface area contributed by atoms with E-state index >= 15 is 0 Å². The van der Waals surface area contributed by atoms with Crippen molar-refractivity contribution >= 4 is 5.91 Å². The van der Waals surface area contributed by atoms with Crippen molar-refractivity contribution < 1.29 is 22.7 Å². The molecular weight excluding hydrogens is 287 g/mol. The second-order valence-electron chi connectivity index (χ2n) is 5.13. The van der Waals surface area contributed by atoms with E-state index in [2.05, 4.69) is 15.2 Å². The molecular formula is C13H20F3N3O2. The monoisotopic (exact) mass is 307 g/mol. The van der Waals surface area contributed by atoms with E-state index in [9.17, 15) is 18.0 Å². The summed E-state index contributed by atoms with van der Waals surface area (Å²) in [6.45, 7) is 4.74. The van der Waals surface area contributed by atoms with Crippen molar-refractivity contribution in [3.63, 3.8) is 0 Å². The van der Waals surface area contributed by atoms with Crippen LogP contribution in [0.2, 0.25) is 0 Å². The third kappa shape index (κ3) is 7.12. The number of alkyl halides is 3. The average Bonchev–Trinajstić information content (AvgIpc) is 2.63. The van der Waals surface area contributed by atoms with Crippen molar-refractivity contribution in [2.24, 2.45) is 5.92 Å². The number of nitrogens with one attached hydrogen (secondary N) is 1. The maximum Gasteiger partial charge on any atom is 0.411 e. The fraction of sp³-hybridized carbons (Fsp3) is 0.692. The molecule has 1 aromatic rings. The highest BCUT2D eigenvalue weighted by Gasteiger charge is 2.27. The van der Waals surface area contributed by atoms with Gasteiger partial charge < -0.3 is 10.1 Å². The Bertz CT molecular complexity index is 472. The van der Waals surface area contributed by atoms with Gasteiger partial charge in [-0.05, 0) is 25.8 Å². The molecule has 0 saturated carbocycles. The number of hydrogen-bond donors (Lipinski definition) is 1. The molecule has 0 fully saturated rings. The molecule has 0 aliphatic carbocycles. The molecule has 0 bridgehead atoms. The summed E-state index contributed by atoms with van der Waals surface area (Å²) >= 11 is 0. The van der Waals surface area contributed by atoms with Crippen LogP contribution in [0.5, 0.6) is 0 Å².